The molecule has 2 aliphatic heterocycles. The molecule has 2 aliphatic rings. The van der Waals surface area contributed by atoms with Gasteiger partial charge in [-0.2, -0.15) is 0 Å². The molecule has 2 aromatic heterocycles. The van der Waals surface area contributed by atoms with E-state index in [2.05, 4.69) is 51.1 Å². The van der Waals surface area contributed by atoms with Gasteiger partial charge in [0, 0.05) is 32.6 Å². The largest absolute Gasteiger partial charge is 0.378 e. The van der Waals surface area contributed by atoms with Crippen LogP contribution in [-0.4, -0.2) is 67.9 Å². The van der Waals surface area contributed by atoms with Crippen LogP contribution in [0.2, 0.25) is 0 Å². The summed E-state index contributed by atoms with van der Waals surface area (Å²) in [5.74, 6) is 1.47. The normalized spacial score (nSPS) is 18.6. The van der Waals surface area contributed by atoms with Crippen LogP contribution in [0.4, 0.5) is 5.95 Å². The molecule has 0 unspecified atom stereocenters. The molecule has 1 saturated heterocycles. The van der Waals surface area contributed by atoms with Gasteiger partial charge in [-0.05, 0) is 31.2 Å². The monoisotopic (exact) mass is 374 g/mol. The van der Waals surface area contributed by atoms with Gasteiger partial charge in [0.25, 0.3) is 5.56 Å². The third-order valence-corrected chi connectivity index (χ3v) is 4.98. The fourth-order valence-corrected chi connectivity index (χ4v) is 3.55. The van der Waals surface area contributed by atoms with Gasteiger partial charge in [-0.15, -0.1) is 5.10 Å². The van der Waals surface area contributed by atoms with Gasteiger partial charge in [0.05, 0.1) is 36.6 Å². The van der Waals surface area contributed by atoms with Crippen molar-refractivity contribution >= 4 is 5.95 Å². The molecule has 146 valence electrons. The first-order valence-corrected chi connectivity index (χ1v) is 9.36. The first-order valence-electron chi connectivity index (χ1n) is 9.36. The number of morpholine rings is 1. The molecule has 0 spiro atoms. The van der Waals surface area contributed by atoms with Gasteiger partial charge in [-0.3, -0.25) is 14.7 Å². The Balaban J connectivity index is 1.52. The summed E-state index contributed by atoms with van der Waals surface area (Å²) in [5.41, 5.74) is 1.40. The van der Waals surface area contributed by atoms with Crippen LogP contribution in [-0.2, 0) is 29.8 Å². The number of fused-ring (bicyclic) bond motifs is 1. The number of anilines is 1. The SMILES string of the molecule is CC(C)(C)n1nnnc1CN1CCc2nc(N3CCOCC3)[nH]c(=O)c2C1. The predicted octanol–water partition coefficient (Wildman–Crippen LogP) is -0.0937. The molecule has 0 aliphatic carbocycles. The molecule has 0 aromatic carbocycles. The molecule has 2 aromatic rings. The molecule has 10 nitrogen and oxygen atoms in total. The second kappa shape index (κ2) is 7.01. The van der Waals surface area contributed by atoms with Crippen molar-refractivity contribution in [3.8, 4) is 0 Å². The summed E-state index contributed by atoms with van der Waals surface area (Å²) in [4.78, 5) is 24.6. The van der Waals surface area contributed by atoms with E-state index in [-0.39, 0.29) is 11.1 Å². The van der Waals surface area contributed by atoms with Crippen molar-refractivity contribution in [2.75, 3.05) is 37.7 Å². The van der Waals surface area contributed by atoms with E-state index >= 15 is 0 Å². The number of hydrogen-bond acceptors (Lipinski definition) is 8. The maximum absolute atomic E-state index is 12.7. The van der Waals surface area contributed by atoms with Crippen molar-refractivity contribution in [2.45, 2.75) is 45.8 Å². The molecule has 0 bridgehead atoms. The smallest absolute Gasteiger partial charge is 0.257 e. The van der Waals surface area contributed by atoms with Crippen LogP contribution in [0.5, 0.6) is 0 Å². The highest BCUT2D eigenvalue weighted by molar-refractivity contribution is 5.34. The van der Waals surface area contributed by atoms with Crippen LogP contribution in [0.15, 0.2) is 4.79 Å². The lowest BCUT2D eigenvalue weighted by Gasteiger charge is -2.31. The summed E-state index contributed by atoms with van der Waals surface area (Å²) in [7, 11) is 0. The Hall–Kier alpha value is -2.33. The van der Waals surface area contributed by atoms with Gasteiger partial charge >= 0.3 is 0 Å². The first kappa shape index (κ1) is 18.1. The van der Waals surface area contributed by atoms with E-state index in [1.165, 1.54) is 0 Å². The maximum Gasteiger partial charge on any atom is 0.257 e. The zero-order chi connectivity index (χ0) is 19.0. The number of nitrogens with zero attached hydrogens (tertiary/aromatic N) is 7. The van der Waals surface area contributed by atoms with Crippen LogP contribution in [0.25, 0.3) is 0 Å². The van der Waals surface area contributed by atoms with Crippen LogP contribution in [0.1, 0.15) is 37.9 Å². The third-order valence-electron chi connectivity index (χ3n) is 4.98. The molecule has 0 saturated carbocycles. The van der Waals surface area contributed by atoms with E-state index in [9.17, 15) is 4.79 Å². The summed E-state index contributed by atoms with van der Waals surface area (Å²) >= 11 is 0. The Morgan fingerprint density at radius 2 is 1.96 bits per heavy atom. The first-order chi connectivity index (χ1) is 12.9. The summed E-state index contributed by atoms with van der Waals surface area (Å²) in [5, 5.41) is 12.1. The minimum Gasteiger partial charge on any atom is -0.378 e. The molecular weight excluding hydrogens is 348 g/mol. The fourth-order valence-electron chi connectivity index (χ4n) is 3.55. The second-order valence-corrected chi connectivity index (χ2v) is 8.05. The highest BCUT2D eigenvalue weighted by Gasteiger charge is 2.26. The highest BCUT2D eigenvalue weighted by atomic mass is 16.5. The minimum atomic E-state index is -0.182. The average Bonchev–Trinajstić information content (AvgIpc) is 3.11. The van der Waals surface area contributed by atoms with E-state index in [0.29, 0.717) is 32.3 Å². The quantitative estimate of drug-likeness (QED) is 0.794. The molecule has 1 fully saturated rings. The van der Waals surface area contributed by atoms with Crippen molar-refractivity contribution < 1.29 is 4.74 Å². The van der Waals surface area contributed by atoms with E-state index in [1.807, 2.05) is 4.68 Å². The Labute approximate surface area is 157 Å². The van der Waals surface area contributed by atoms with Crippen molar-refractivity contribution in [1.29, 1.82) is 0 Å². The Kier molecular flexibility index (Phi) is 4.68. The van der Waals surface area contributed by atoms with Gasteiger partial charge in [-0.25, -0.2) is 9.67 Å². The zero-order valence-electron chi connectivity index (χ0n) is 16.1. The number of rotatable bonds is 3. The van der Waals surface area contributed by atoms with Crippen LogP contribution < -0.4 is 10.5 Å². The predicted molar refractivity (Wildman–Crippen MR) is 98.5 cm³/mol. The Bertz CT molecular complexity index is 863. The van der Waals surface area contributed by atoms with Crippen molar-refractivity contribution in [3.05, 3.63) is 27.4 Å². The van der Waals surface area contributed by atoms with E-state index in [1.54, 1.807) is 0 Å². The Morgan fingerprint density at radius 1 is 1.19 bits per heavy atom. The summed E-state index contributed by atoms with van der Waals surface area (Å²) in [6.07, 6.45) is 0.744. The van der Waals surface area contributed by atoms with Crippen molar-refractivity contribution in [3.63, 3.8) is 0 Å². The Morgan fingerprint density at radius 3 is 2.70 bits per heavy atom. The number of tetrazole rings is 1. The number of nitrogens with one attached hydrogen (secondary N) is 1. The molecule has 4 rings (SSSR count). The number of hydrogen-bond donors (Lipinski definition) is 1. The van der Waals surface area contributed by atoms with E-state index in [0.717, 1.165) is 43.1 Å². The third kappa shape index (κ3) is 3.72. The van der Waals surface area contributed by atoms with Gasteiger partial charge < -0.3 is 9.64 Å². The second-order valence-electron chi connectivity index (χ2n) is 8.05. The summed E-state index contributed by atoms with van der Waals surface area (Å²) in [6, 6.07) is 0. The van der Waals surface area contributed by atoms with Gasteiger partial charge in [-0.1, -0.05) is 0 Å². The van der Waals surface area contributed by atoms with Crippen LogP contribution >= 0.6 is 0 Å². The molecule has 1 N–H and O–H groups in total. The summed E-state index contributed by atoms with van der Waals surface area (Å²) < 4.78 is 7.22. The number of ether oxygens (including phenoxy) is 1. The van der Waals surface area contributed by atoms with Crippen molar-refractivity contribution in [1.82, 2.24) is 35.1 Å². The molecule has 4 heterocycles. The van der Waals surface area contributed by atoms with Gasteiger partial charge in [0.15, 0.2) is 5.82 Å². The zero-order valence-corrected chi connectivity index (χ0v) is 16.1. The molecule has 0 amide bonds. The lowest BCUT2D eigenvalue weighted by molar-refractivity contribution is 0.122. The molecular formula is C17H26N8O2. The summed E-state index contributed by atoms with van der Waals surface area (Å²) in [6.45, 7) is 11.0. The van der Waals surface area contributed by atoms with Gasteiger partial charge in [0.1, 0.15) is 0 Å². The molecule has 0 atom stereocenters. The van der Waals surface area contributed by atoms with Crippen molar-refractivity contribution in [2.24, 2.45) is 0 Å². The maximum atomic E-state index is 12.7. The number of H-pyrrole nitrogens is 1. The van der Waals surface area contributed by atoms with Crippen LogP contribution in [0, 0.1) is 0 Å². The minimum absolute atomic E-state index is 0.0541. The molecule has 10 heteroatoms. The molecule has 0 radical (unpaired) electrons. The highest BCUT2D eigenvalue weighted by Crippen LogP contribution is 2.20. The number of aromatic amines is 1. The lowest BCUT2D eigenvalue weighted by atomic mass is 10.1. The topological polar surface area (TPSA) is 105 Å². The average molecular weight is 374 g/mol. The number of aromatic nitrogens is 6. The standard InChI is InChI=1S/C17H26N8O2/c1-17(2,3)25-14(20-21-22-25)11-23-5-4-13-12(10-23)15(26)19-16(18-13)24-6-8-27-9-7-24/h4-11H2,1-3H3,(H,18,19,26). The fraction of sp³-hybridized carbons (Fsp3) is 0.706. The van der Waals surface area contributed by atoms with Gasteiger partial charge in [0.2, 0.25) is 5.95 Å². The molecule has 27 heavy (non-hydrogen) atoms. The van der Waals surface area contributed by atoms with E-state index < -0.39 is 0 Å². The van der Waals surface area contributed by atoms with Crippen LogP contribution in [0.3, 0.4) is 0 Å². The van der Waals surface area contributed by atoms with E-state index in [4.69, 9.17) is 9.72 Å². The lowest BCUT2D eigenvalue weighted by Crippen LogP contribution is -2.41.